The molecule has 0 fully saturated rings. The fraction of sp³-hybridized carbons (Fsp3) is 0.158. The molecule has 5 aromatic rings. The van der Waals surface area contributed by atoms with Crippen LogP contribution in [0.1, 0.15) is 24.0 Å². The average Bonchev–Trinajstić information content (AvgIpc) is 3.51. The second-order valence-electron chi connectivity index (χ2n) is 11.4. The Morgan fingerprint density at radius 2 is 1.30 bits per heavy atom. The van der Waals surface area contributed by atoms with Crippen LogP contribution in [0.2, 0.25) is 0 Å². The quantitative estimate of drug-likeness (QED) is 0.232. The molecule has 0 spiro atoms. The molecule has 8 rings (SSSR count). The zero-order valence-corrected chi connectivity index (χ0v) is 23.0. The Kier molecular flexibility index (Phi) is 5.25. The van der Waals surface area contributed by atoms with Crippen LogP contribution in [-0.4, -0.2) is 10.6 Å². The van der Waals surface area contributed by atoms with E-state index in [1.165, 1.54) is 61.1 Å². The summed E-state index contributed by atoms with van der Waals surface area (Å²) in [6, 6.07) is 31.8. The molecule has 0 amide bonds. The van der Waals surface area contributed by atoms with E-state index in [9.17, 15) is 0 Å². The van der Waals surface area contributed by atoms with Gasteiger partial charge in [-0.25, -0.2) is 0 Å². The molecule has 0 N–H and O–H groups in total. The minimum Gasteiger partial charge on any atom is -0.334 e. The SMILES string of the molecule is Cc1cc(N2C3=C(CCC=C3)C3C=CC=CC32)ccc1-c1ccc(-n2c3ccccc3c3ccccc32)cc1C. The maximum absolute atomic E-state index is 2.56. The molecule has 2 nitrogen and oxygen atoms in total. The molecule has 1 aromatic heterocycles. The Labute approximate surface area is 235 Å². The first kappa shape index (κ1) is 23.3. The molecule has 0 radical (unpaired) electrons. The second kappa shape index (κ2) is 8.99. The van der Waals surface area contributed by atoms with Crippen molar-refractivity contribution in [2.24, 2.45) is 5.92 Å². The summed E-state index contributed by atoms with van der Waals surface area (Å²) in [6.07, 6.45) is 16.2. The number of anilines is 1. The topological polar surface area (TPSA) is 8.17 Å². The molecule has 1 aliphatic heterocycles. The normalized spacial score (nSPS) is 19.6. The van der Waals surface area contributed by atoms with Crippen LogP contribution < -0.4 is 4.90 Å². The highest BCUT2D eigenvalue weighted by molar-refractivity contribution is 6.09. The van der Waals surface area contributed by atoms with Gasteiger partial charge in [0, 0.05) is 33.8 Å². The van der Waals surface area contributed by atoms with Gasteiger partial charge in [-0.3, -0.25) is 0 Å². The van der Waals surface area contributed by atoms with Crippen LogP contribution in [0.5, 0.6) is 0 Å². The van der Waals surface area contributed by atoms with E-state index in [4.69, 9.17) is 0 Å². The van der Waals surface area contributed by atoms with Gasteiger partial charge in [0.1, 0.15) is 0 Å². The number of hydrogen-bond acceptors (Lipinski definition) is 1. The maximum atomic E-state index is 2.56. The fourth-order valence-corrected chi connectivity index (χ4v) is 7.27. The molecule has 2 heteroatoms. The van der Waals surface area contributed by atoms with Gasteiger partial charge in [-0.05, 0) is 97.0 Å². The van der Waals surface area contributed by atoms with Gasteiger partial charge in [-0.1, -0.05) is 78.9 Å². The van der Waals surface area contributed by atoms with E-state index in [-0.39, 0.29) is 0 Å². The highest BCUT2D eigenvalue weighted by Gasteiger charge is 2.38. The molecular formula is C38H32N2. The van der Waals surface area contributed by atoms with Gasteiger partial charge < -0.3 is 9.47 Å². The van der Waals surface area contributed by atoms with Crippen molar-refractivity contribution in [3.8, 4) is 16.8 Å². The molecule has 2 aliphatic carbocycles. The van der Waals surface area contributed by atoms with E-state index < -0.39 is 0 Å². The first-order valence-electron chi connectivity index (χ1n) is 14.4. The minimum atomic E-state index is 0.371. The summed E-state index contributed by atoms with van der Waals surface area (Å²) in [5.41, 5.74) is 13.2. The Bertz CT molecular complexity index is 1890. The number of allylic oxidation sites excluding steroid dienone is 4. The lowest BCUT2D eigenvalue weighted by Gasteiger charge is -2.30. The lowest BCUT2D eigenvalue weighted by Crippen LogP contribution is -2.32. The summed E-state index contributed by atoms with van der Waals surface area (Å²) in [5.74, 6) is 0.487. The molecule has 3 aliphatic rings. The number of aromatic nitrogens is 1. The van der Waals surface area contributed by atoms with Crippen molar-refractivity contribution in [2.75, 3.05) is 4.90 Å². The predicted octanol–water partition coefficient (Wildman–Crippen LogP) is 9.60. The third-order valence-corrected chi connectivity index (χ3v) is 9.08. The van der Waals surface area contributed by atoms with Gasteiger partial charge in [0.15, 0.2) is 0 Å². The largest absolute Gasteiger partial charge is 0.334 e. The molecule has 0 saturated heterocycles. The average molecular weight is 517 g/mol. The molecular weight excluding hydrogens is 484 g/mol. The van der Waals surface area contributed by atoms with Crippen LogP contribution in [0, 0.1) is 19.8 Å². The highest BCUT2D eigenvalue weighted by atomic mass is 15.2. The molecule has 2 heterocycles. The van der Waals surface area contributed by atoms with Crippen LogP contribution in [0.15, 0.2) is 133 Å². The van der Waals surface area contributed by atoms with Crippen molar-refractivity contribution < 1.29 is 0 Å². The molecule has 4 aromatic carbocycles. The van der Waals surface area contributed by atoms with Crippen LogP contribution in [-0.2, 0) is 0 Å². The van der Waals surface area contributed by atoms with E-state index in [1.54, 1.807) is 5.57 Å². The monoisotopic (exact) mass is 516 g/mol. The second-order valence-corrected chi connectivity index (χ2v) is 11.4. The molecule has 40 heavy (non-hydrogen) atoms. The van der Waals surface area contributed by atoms with Gasteiger partial charge in [0.2, 0.25) is 0 Å². The van der Waals surface area contributed by atoms with Crippen molar-refractivity contribution in [3.05, 3.63) is 144 Å². The van der Waals surface area contributed by atoms with Gasteiger partial charge in [-0.15, -0.1) is 0 Å². The number of rotatable bonds is 3. The van der Waals surface area contributed by atoms with Gasteiger partial charge in [0.25, 0.3) is 0 Å². The number of aryl methyl sites for hydroxylation is 2. The highest BCUT2D eigenvalue weighted by Crippen LogP contribution is 2.45. The van der Waals surface area contributed by atoms with Gasteiger partial charge in [-0.2, -0.15) is 0 Å². The van der Waals surface area contributed by atoms with Crippen molar-refractivity contribution in [1.29, 1.82) is 0 Å². The van der Waals surface area contributed by atoms with Gasteiger partial charge in [0.05, 0.1) is 17.1 Å². The Balaban J connectivity index is 1.19. The fourth-order valence-electron chi connectivity index (χ4n) is 7.27. The minimum absolute atomic E-state index is 0.371. The van der Waals surface area contributed by atoms with Gasteiger partial charge >= 0.3 is 0 Å². The Hall–Kier alpha value is -4.56. The van der Waals surface area contributed by atoms with Crippen LogP contribution in [0.3, 0.4) is 0 Å². The first-order chi connectivity index (χ1) is 19.7. The van der Waals surface area contributed by atoms with E-state index in [1.807, 2.05) is 0 Å². The molecule has 194 valence electrons. The summed E-state index contributed by atoms with van der Waals surface area (Å²) >= 11 is 0. The number of benzene rings is 4. The number of para-hydroxylation sites is 2. The van der Waals surface area contributed by atoms with Crippen LogP contribution >= 0.6 is 0 Å². The number of nitrogens with zero attached hydrogens (tertiary/aromatic N) is 2. The molecule has 0 saturated carbocycles. The van der Waals surface area contributed by atoms with E-state index >= 15 is 0 Å². The van der Waals surface area contributed by atoms with Crippen molar-refractivity contribution in [3.63, 3.8) is 0 Å². The number of hydrogen-bond donors (Lipinski definition) is 0. The standard InChI is InChI=1S/C38H32N2/c1-25-23-27(39-35-15-7-3-11-31(35)32-12-4-8-16-36(32)39)19-21-29(25)30-22-20-28(24-26(30)2)40-37-17-9-5-13-33(37)34-14-6-10-18-38(34)40/h3-5,7-13,15-24,33,37H,6,14H2,1-2H3. The van der Waals surface area contributed by atoms with Crippen LogP contribution in [0.25, 0.3) is 38.6 Å². The lowest BCUT2D eigenvalue weighted by molar-refractivity contribution is 0.658. The van der Waals surface area contributed by atoms with E-state index in [0.717, 1.165) is 12.8 Å². The zero-order chi connectivity index (χ0) is 26.8. The third kappa shape index (κ3) is 3.42. The summed E-state index contributed by atoms with van der Waals surface area (Å²) in [7, 11) is 0. The predicted molar refractivity (Wildman–Crippen MR) is 169 cm³/mol. The maximum Gasteiger partial charge on any atom is 0.0626 e. The number of fused-ring (bicyclic) bond motifs is 5. The Morgan fingerprint density at radius 3 is 2.00 bits per heavy atom. The van der Waals surface area contributed by atoms with Crippen molar-refractivity contribution in [2.45, 2.75) is 32.7 Å². The summed E-state index contributed by atoms with van der Waals surface area (Å²) in [5, 5.41) is 2.59. The summed E-state index contributed by atoms with van der Waals surface area (Å²) in [6.45, 7) is 4.50. The third-order valence-electron chi connectivity index (χ3n) is 9.08. The van der Waals surface area contributed by atoms with Crippen LogP contribution in [0.4, 0.5) is 5.69 Å². The molecule has 2 unspecified atom stereocenters. The van der Waals surface area contributed by atoms with Crippen molar-refractivity contribution in [1.82, 2.24) is 4.57 Å². The zero-order valence-electron chi connectivity index (χ0n) is 23.0. The molecule has 0 bridgehead atoms. The molecule has 2 atom stereocenters. The summed E-state index contributed by atoms with van der Waals surface area (Å²) in [4.78, 5) is 2.56. The lowest BCUT2D eigenvalue weighted by atomic mass is 9.87. The summed E-state index contributed by atoms with van der Waals surface area (Å²) < 4.78 is 2.40. The Morgan fingerprint density at radius 1 is 0.675 bits per heavy atom. The first-order valence-corrected chi connectivity index (χ1v) is 14.4. The van der Waals surface area contributed by atoms with E-state index in [2.05, 4.69) is 145 Å². The van der Waals surface area contributed by atoms with Crippen molar-refractivity contribution >= 4 is 27.5 Å². The smallest absolute Gasteiger partial charge is 0.0626 e. The van der Waals surface area contributed by atoms with E-state index in [0.29, 0.717) is 12.0 Å².